The molecule has 0 bridgehead atoms. The van der Waals surface area contributed by atoms with Crippen LogP contribution < -0.4 is 16.0 Å². The molecule has 0 spiro atoms. The highest BCUT2D eigenvalue weighted by Gasteiger charge is 2.13. The number of nitrogens with zero attached hydrogens (tertiary/aromatic N) is 2. The fourth-order valence-electron chi connectivity index (χ4n) is 2.75. The van der Waals surface area contributed by atoms with Gasteiger partial charge in [0.1, 0.15) is 5.76 Å². The van der Waals surface area contributed by atoms with Crippen molar-refractivity contribution in [2.75, 3.05) is 13.6 Å². The van der Waals surface area contributed by atoms with Crippen molar-refractivity contribution in [1.82, 2.24) is 21.1 Å². The van der Waals surface area contributed by atoms with Gasteiger partial charge in [0.2, 0.25) is 0 Å². The first-order valence-corrected chi connectivity index (χ1v) is 9.40. The zero-order valence-electron chi connectivity index (χ0n) is 17.0. The van der Waals surface area contributed by atoms with Gasteiger partial charge in [-0.3, -0.25) is 9.79 Å². The first-order chi connectivity index (χ1) is 13.1. The predicted molar refractivity (Wildman–Crippen MR) is 122 cm³/mol. The number of amides is 1. The van der Waals surface area contributed by atoms with Crippen LogP contribution in [-0.2, 0) is 25.9 Å². The maximum atomic E-state index is 11.8. The molecule has 0 saturated heterocycles. The van der Waals surface area contributed by atoms with Crippen LogP contribution in [0.15, 0.2) is 33.8 Å². The summed E-state index contributed by atoms with van der Waals surface area (Å²) >= 11 is 0. The zero-order valence-corrected chi connectivity index (χ0v) is 19.3. The van der Waals surface area contributed by atoms with Crippen molar-refractivity contribution in [3.05, 3.63) is 52.4 Å². The monoisotopic (exact) mass is 499 g/mol. The van der Waals surface area contributed by atoms with E-state index in [0.29, 0.717) is 31.2 Å². The number of aryl methyl sites for hydroxylation is 2. The molecule has 28 heavy (non-hydrogen) atoms. The topological polar surface area (TPSA) is 91.5 Å². The Balaban J connectivity index is 0.00000392. The van der Waals surface area contributed by atoms with Crippen molar-refractivity contribution in [2.45, 2.75) is 46.7 Å². The number of aromatic nitrogens is 1. The van der Waals surface area contributed by atoms with Gasteiger partial charge in [-0.15, -0.1) is 24.0 Å². The van der Waals surface area contributed by atoms with E-state index < -0.39 is 0 Å². The summed E-state index contributed by atoms with van der Waals surface area (Å²) in [6.07, 6.45) is 1.65. The van der Waals surface area contributed by atoms with Crippen LogP contribution in [0.5, 0.6) is 0 Å². The molecule has 0 aliphatic rings. The lowest BCUT2D eigenvalue weighted by Crippen LogP contribution is -2.36. The maximum absolute atomic E-state index is 11.8. The number of guanidine groups is 1. The Bertz CT molecular complexity index is 750. The number of carbonyl (C=O) groups excluding carboxylic acids is 1. The third kappa shape index (κ3) is 6.50. The van der Waals surface area contributed by atoms with Gasteiger partial charge in [0.25, 0.3) is 5.91 Å². The summed E-state index contributed by atoms with van der Waals surface area (Å²) in [6, 6.07) is 7.54. The van der Waals surface area contributed by atoms with Crippen LogP contribution in [-0.4, -0.2) is 30.6 Å². The molecule has 1 heterocycles. The van der Waals surface area contributed by atoms with Gasteiger partial charge in [0.05, 0.1) is 5.69 Å². The van der Waals surface area contributed by atoms with Crippen LogP contribution in [0.25, 0.3) is 0 Å². The van der Waals surface area contributed by atoms with E-state index in [9.17, 15) is 4.79 Å². The molecule has 0 atom stereocenters. The molecule has 8 heteroatoms. The molecular weight excluding hydrogens is 469 g/mol. The van der Waals surface area contributed by atoms with E-state index in [2.05, 4.69) is 39.9 Å². The van der Waals surface area contributed by atoms with Gasteiger partial charge in [-0.25, -0.2) is 0 Å². The van der Waals surface area contributed by atoms with E-state index in [-0.39, 0.29) is 29.9 Å². The van der Waals surface area contributed by atoms with E-state index in [1.54, 1.807) is 7.05 Å². The molecule has 2 rings (SSSR count). The molecule has 0 unspecified atom stereocenters. The average Bonchev–Trinajstić information content (AvgIpc) is 3.10. The van der Waals surface area contributed by atoms with Crippen molar-refractivity contribution in [1.29, 1.82) is 0 Å². The van der Waals surface area contributed by atoms with Crippen LogP contribution in [0, 0.1) is 0 Å². The lowest BCUT2D eigenvalue weighted by atomic mass is 10.1. The quantitative estimate of drug-likeness (QED) is 0.295. The molecule has 0 fully saturated rings. The molecule has 0 saturated carbocycles. The van der Waals surface area contributed by atoms with Crippen LogP contribution in [0.3, 0.4) is 0 Å². The molecule has 0 radical (unpaired) electrons. The van der Waals surface area contributed by atoms with Gasteiger partial charge in [0, 0.05) is 44.2 Å². The van der Waals surface area contributed by atoms with Crippen molar-refractivity contribution in [3.8, 4) is 0 Å². The van der Waals surface area contributed by atoms with E-state index in [4.69, 9.17) is 4.52 Å². The summed E-state index contributed by atoms with van der Waals surface area (Å²) in [7, 11) is 1.74. The van der Waals surface area contributed by atoms with Crippen molar-refractivity contribution in [2.24, 2.45) is 4.99 Å². The summed E-state index contributed by atoms with van der Waals surface area (Å²) in [5.41, 5.74) is 3.82. The molecule has 1 amide bonds. The van der Waals surface area contributed by atoms with Crippen LogP contribution >= 0.6 is 24.0 Å². The number of halogens is 1. The molecule has 1 aromatic heterocycles. The zero-order chi connectivity index (χ0) is 19.6. The third-order valence-electron chi connectivity index (χ3n) is 4.28. The standard InChI is InChI=1S/C20H29N5O2.HI/c1-5-17-16(18(6-2)27-25-17)13-24-20(21-4)23-12-14-8-10-15(11-9-14)19(26)22-7-3;/h8-11H,5-7,12-13H2,1-4H3,(H,22,26)(H2,21,23,24);1H. The predicted octanol–water partition coefficient (Wildman–Crippen LogP) is 3.03. The molecular formula is C20H30IN5O2. The van der Waals surface area contributed by atoms with E-state index >= 15 is 0 Å². The van der Waals surface area contributed by atoms with E-state index in [0.717, 1.165) is 35.4 Å². The smallest absolute Gasteiger partial charge is 0.251 e. The SMILES string of the molecule is CCNC(=O)c1ccc(CNC(=NC)NCc2c(CC)noc2CC)cc1.I. The molecule has 0 aliphatic heterocycles. The van der Waals surface area contributed by atoms with Gasteiger partial charge in [-0.2, -0.15) is 0 Å². The lowest BCUT2D eigenvalue weighted by Gasteiger charge is -2.12. The number of hydrogen-bond acceptors (Lipinski definition) is 4. The third-order valence-corrected chi connectivity index (χ3v) is 4.28. The molecule has 154 valence electrons. The van der Waals surface area contributed by atoms with Crippen molar-refractivity contribution in [3.63, 3.8) is 0 Å². The van der Waals surface area contributed by atoms with Crippen LogP contribution in [0.2, 0.25) is 0 Å². The average molecular weight is 499 g/mol. The van der Waals surface area contributed by atoms with Crippen LogP contribution in [0.1, 0.15) is 53.7 Å². The Kier molecular flexibility index (Phi) is 10.6. The Morgan fingerprint density at radius 1 is 1.04 bits per heavy atom. The summed E-state index contributed by atoms with van der Waals surface area (Å²) in [5, 5.41) is 13.5. The largest absolute Gasteiger partial charge is 0.361 e. The van der Waals surface area contributed by atoms with Gasteiger partial charge in [-0.05, 0) is 31.0 Å². The first kappa shape index (κ1) is 23.9. The highest BCUT2D eigenvalue weighted by Crippen LogP contribution is 2.15. The molecule has 7 nitrogen and oxygen atoms in total. The number of benzene rings is 1. The molecule has 0 aliphatic carbocycles. The first-order valence-electron chi connectivity index (χ1n) is 9.40. The normalized spacial score (nSPS) is 10.9. The molecule has 2 aromatic rings. The number of carbonyl (C=O) groups is 1. The second-order valence-electron chi connectivity index (χ2n) is 6.07. The highest BCUT2D eigenvalue weighted by molar-refractivity contribution is 14.0. The Morgan fingerprint density at radius 3 is 2.29 bits per heavy atom. The second-order valence-corrected chi connectivity index (χ2v) is 6.07. The maximum Gasteiger partial charge on any atom is 0.251 e. The number of rotatable bonds is 8. The molecule has 1 aromatic carbocycles. The number of aliphatic imine (C=N–C) groups is 1. The Morgan fingerprint density at radius 2 is 1.71 bits per heavy atom. The minimum atomic E-state index is -0.0540. The summed E-state index contributed by atoms with van der Waals surface area (Å²) in [4.78, 5) is 16.1. The van der Waals surface area contributed by atoms with Crippen molar-refractivity contribution >= 4 is 35.8 Å². The fourth-order valence-corrected chi connectivity index (χ4v) is 2.75. The number of hydrogen-bond donors (Lipinski definition) is 3. The Hall–Kier alpha value is -2.10. The minimum Gasteiger partial charge on any atom is -0.361 e. The highest BCUT2D eigenvalue weighted by atomic mass is 127. The van der Waals surface area contributed by atoms with Gasteiger partial charge in [-0.1, -0.05) is 31.1 Å². The van der Waals surface area contributed by atoms with Gasteiger partial charge >= 0.3 is 0 Å². The molecule has 3 N–H and O–H groups in total. The summed E-state index contributed by atoms with van der Waals surface area (Å²) < 4.78 is 5.40. The van der Waals surface area contributed by atoms with Crippen LogP contribution in [0.4, 0.5) is 0 Å². The Labute approximate surface area is 183 Å². The summed E-state index contributed by atoms with van der Waals surface area (Å²) in [6.45, 7) is 7.88. The fraction of sp³-hybridized carbons (Fsp3) is 0.450. The van der Waals surface area contributed by atoms with E-state index in [1.807, 2.05) is 31.2 Å². The van der Waals surface area contributed by atoms with Crippen molar-refractivity contribution < 1.29 is 9.32 Å². The van der Waals surface area contributed by atoms with Gasteiger partial charge < -0.3 is 20.5 Å². The van der Waals surface area contributed by atoms with Gasteiger partial charge in [0.15, 0.2) is 5.96 Å². The number of nitrogens with one attached hydrogen (secondary N) is 3. The summed E-state index contributed by atoms with van der Waals surface area (Å²) in [5.74, 6) is 1.56. The lowest BCUT2D eigenvalue weighted by molar-refractivity contribution is 0.0956. The second kappa shape index (κ2) is 12.4. The van der Waals surface area contributed by atoms with E-state index in [1.165, 1.54) is 0 Å². The minimum absolute atomic E-state index is 0.